The summed E-state index contributed by atoms with van der Waals surface area (Å²) in [6.45, 7) is -3.31. The van der Waals surface area contributed by atoms with Crippen LogP contribution in [0.25, 0.3) is 11.2 Å². The van der Waals surface area contributed by atoms with Gasteiger partial charge in [-0.15, -0.1) is 0 Å². The van der Waals surface area contributed by atoms with Crippen LogP contribution < -0.4 is 5.32 Å². The Bertz CT molecular complexity index is 1070. The number of nitrogens with one attached hydrogen (secondary N) is 1. The summed E-state index contributed by atoms with van der Waals surface area (Å²) in [5.41, 5.74) is 1.88. The first-order valence-electron chi connectivity index (χ1n) is 8.51. The van der Waals surface area contributed by atoms with E-state index in [1.807, 2.05) is 30.3 Å². The molecule has 2 aliphatic rings. The van der Waals surface area contributed by atoms with Crippen molar-refractivity contribution >= 4 is 41.2 Å². The van der Waals surface area contributed by atoms with Gasteiger partial charge in [-0.2, -0.15) is 0 Å². The van der Waals surface area contributed by atoms with E-state index in [1.54, 1.807) is 4.57 Å². The molecule has 2 saturated heterocycles. The monoisotopic (exact) mass is 421 g/mol. The van der Waals surface area contributed by atoms with Crippen molar-refractivity contribution in [3.05, 3.63) is 43.0 Å². The summed E-state index contributed by atoms with van der Waals surface area (Å²) < 4.78 is 18.0. The molecule has 28 heavy (non-hydrogen) atoms. The summed E-state index contributed by atoms with van der Waals surface area (Å²) in [5, 5.41) is 13.9. The lowest BCUT2D eigenvalue weighted by Gasteiger charge is -2.30. The van der Waals surface area contributed by atoms with Crippen LogP contribution in [0.1, 0.15) is 6.23 Å². The van der Waals surface area contributed by atoms with Gasteiger partial charge in [0.05, 0.1) is 12.9 Å². The maximum absolute atomic E-state index is 10.7. The van der Waals surface area contributed by atoms with Crippen LogP contribution in [0.5, 0.6) is 0 Å². The Morgan fingerprint density at radius 3 is 2.86 bits per heavy atom. The van der Waals surface area contributed by atoms with Gasteiger partial charge in [0.1, 0.15) is 24.6 Å². The van der Waals surface area contributed by atoms with Crippen molar-refractivity contribution in [1.29, 1.82) is 0 Å². The lowest BCUT2D eigenvalue weighted by molar-refractivity contribution is -0.0593. The van der Waals surface area contributed by atoms with Crippen molar-refractivity contribution in [2.45, 2.75) is 24.5 Å². The minimum atomic E-state index is -3.36. The van der Waals surface area contributed by atoms with E-state index in [1.165, 1.54) is 12.7 Å². The highest BCUT2D eigenvalue weighted by Crippen LogP contribution is 2.52. The number of anilines is 2. The highest BCUT2D eigenvalue weighted by molar-refractivity contribution is 8.07. The summed E-state index contributed by atoms with van der Waals surface area (Å²) in [5.74, 6) is 0.533. The van der Waals surface area contributed by atoms with Crippen molar-refractivity contribution in [2.24, 2.45) is 0 Å². The molecule has 4 heterocycles. The lowest BCUT2D eigenvalue weighted by Crippen LogP contribution is -2.39. The van der Waals surface area contributed by atoms with Crippen LogP contribution in [0.3, 0.4) is 0 Å². The molecule has 0 radical (unpaired) electrons. The Balaban J connectivity index is 1.47. The van der Waals surface area contributed by atoms with E-state index in [9.17, 15) is 10.00 Å². The molecule has 10 nitrogen and oxygen atoms in total. The zero-order valence-electron chi connectivity index (χ0n) is 14.3. The minimum absolute atomic E-state index is 0.0500. The van der Waals surface area contributed by atoms with Crippen LogP contribution in [0, 0.1) is 0 Å². The van der Waals surface area contributed by atoms with Crippen LogP contribution in [0.15, 0.2) is 43.0 Å². The van der Waals surface area contributed by atoms with E-state index in [-0.39, 0.29) is 6.61 Å². The second-order valence-corrected chi connectivity index (χ2v) is 9.22. The molecule has 5 rings (SSSR count). The number of para-hydroxylation sites is 1. The highest BCUT2D eigenvalue weighted by Gasteiger charge is 2.51. The molecule has 3 N–H and O–H groups in total. The first-order chi connectivity index (χ1) is 13.5. The molecule has 0 aliphatic carbocycles. The van der Waals surface area contributed by atoms with E-state index in [2.05, 4.69) is 20.3 Å². The van der Waals surface area contributed by atoms with Gasteiger partial charge in [-0.3, -0.25) is 9.09 Å². The van der Waals surface area contributed by atoms with Gasteiger partial charge in [-0.25, -0.2) is 15.0 Å². The van der Waals surface area contributed by atoms with Crippen LogP contribution in [0.2, 0.25) is 0 Å². The smallest absolute Gasteiger partial charge is 0.325 e. The maximum Gasteiger partial charge on any atom is 0.325 e. The zero-order valence-corrected chi connectivity index (χ0v) is 16.0. The third kappa shape index (κ3) is 3.11. The number of benzene rings is 1. The molecule has 2 aromatic heterocycles. The third-order valence-corrected chi connectivity index (χ3v) is 6.20. The molecule has 0 saturated carbocycles. The molecule has 0 spiro atoms. The van der Waals surface area contributed by atoms with Crippen LogP contribution in [-0.4, -0.2) is 54.4 Å². The standard InChI is InChI=1S/C16H16N5O5PS/c22-12-13-10(6-24-27(23,28)26-13)25-16(12)21-8-19-11-14(17-7-18-15(11)21)20-9-4-2-1-3-5-9/h1-5,7-8,10,12-13,16,22H,6H2,(H,23,28)(H,17,18,20)/t10-,12?,13+,16-,27?/m1/s1. The maximum atomic E-state index is 10.7. The third-order valence-electron chi connectivity index (χ3n) is 4.64. The zero-order chi connectivity index (χ0) is 19.3. The molecule has 2 aliphatic heterocycles. The lowest BCUT2D eigenvalue weighted by atomic mass is 10.1. The van der Waals surface area contributed by atoms with Crippen LogP contribution in [-0.2, 0) is 25.6 Å². The predicted octanol–water partition coefficient (Wildman–Crippen LogP) is 1.46. The van der Waals surface area contributed by atoms with Gasteiger partial charge in [0.25, 0.3) is 0 Å². The van der Waals surface area contributed by atoms with E-state index < -0.39 is 31.3 Å². The SMILES string of the molecule is OC1[C@H]2OP(O)(=S)OC[C@H]2O[C@H]1n1cnc2c(Nc3ccccc3)ncnc21. The molecule has 2 unspecified atom stereocenters. The Labute approximate surface area is 164 Å². The Hall–Kier alpha value is -1.98. The fourth-order valence-corrected chi connectivity index (χ4v) is 4.80. The topological polar surface area (TPSA) is 124 Å². The number of fused-ring (bicyclic) bond motifs is 2. The number of nitrogens with zero attached hydrogens (tertiary/aromatic N) is 4. The van der Waals surface area contributed by atoms with Crippen molar-refractivity contribution in [1.82, 2.24) is 19.5 Å². The fourth-order valence-electron chi connectivity index (χ4n) is 3.35. The minimum Gasteiger partial charge on any atom is -0.386 e. The van der Waals surface area contributed by atoms with E-state index in [0.717, 1.165) is 5.69 Å². The summed E-state index contributed by atoms with van der Waals surface area (Å²) in [6.07, 6.45) is -0.276. The van der Waals surface area contributed by atoms with Gasteiger partial charge < -0.3 is 24.6 Å². The van der Waals surface area contributed by atoms with E-state index >= 15 is 0 Å². The highest BCUT2D eigenvalue weighted by atomic mass is 32.5. The second kappa shape index (κ2) is 6.82. The predicted molar refractivity (Wildman–Crippen MR) is 102 cm³/mol. The average molecular weight is 421 g/mol. The Morgan fingerprint density at radius 1 is 1.21 bits per heavy atom. The molecule has 146 valence electrons. The van der Waals surface area contributed by atoms with E-state index in [4.69, 9.17) is 25.6 Å². The Kier molecular flexibility index (Phi) is 4.40. The molecule has 5 atom stereocenters. The molecule has 3 aromatic rings. The number of rotatable bonds is 3. The molecular formula is C16H16N5O5PS. The number of aliphatic hydroxyl groups excluding tert-OH is 1. The molecular weight excluding hydrogens is 405 g/mol. The first kappa shape index (κ1) is 18.1. The summed E-state index contributed by atoms with van der Waals surface area (Å²) in [7, 11) is 0. The number of hydrogen-bond acceptors (Lipinski definition) is 9. The van der Waals surface area contributed by atoms with Crippen molar-refractivity contribution in [3.63, 3.8) is 0 Å². The van der Waals surface area contributed by atoms with Crippen molar-refractivity contribution in [3.8, 4) is 0 Å². The van der Waals surface area contributed by atoms with Gasteiger partial charge in [0.2, 0.25) is 0 Å². The molecule has 0 amide bonds. The summed E-state index contributed by atoms with van der Waals surface area (Å²) in [4.78, 5) is 22.8. The largest absolute Gasteiger partial charge is 0.386 e. The molecule has 2 fully saturated rings. The van der Waals surface area contributed by atoms with E-state index in [0.29, 0.717) is 17.0 Å². The molecule has 1 aromatic carbocycles. The van der Waals surface area contributed by atoms with Gasteiger partial charge in [0.15, 0.2) is 23.2 Å². The molecule has 0 bridgehead atoms. The molecule has 12 heteroatoms. The second-order valence-electron chi connectivity index (χ2n) is 6.43. The summed E-state index contributed by atoms with van der Waals surface area (Å²) >= 11 is 4.87. The fraction of sp³-hybridized carbons (Fsp3) is 0.312. The first-order valence-corrected chi connectivity index (χ1v) is 11.1. The van der Waals surface area contributed by atoms with Crippen LogP contribution in [0.4, 0.5) is 11.5 Å². The number of aliphatic hydroxyl groups is 1. The quantitative estimate of drug-likeness (QED) is 0.536. The number of aromatic nitrogens is 4. The number of ether oxygens (including phenoxy) is 1. The number of hydrogen-bond donors (Lipinski definition) is 3. The summed E-state index contributed by atoms with van der Waals surface area (Å²) in [6, 6.07) is 9.57. The van der Waals surface area contributed by atoms with Gasteiger partial charge in [-0.05, 0) is 23.9 Å². The van der Waals surface area contributed by atoms with Crippen molar-refractivity contribution < 1.29 is 23.8 Å². The van der Waals surface area contributed by atoms with Gasteiger partial charge >= 0.3 is 6.72 Å². The average Bonchev–Trinajstić information content (AvgIpc) is 3.24. The van der Waals surface area contributed by atoms with Gasteiger partial charge in [-0.1, -0.05) is 18.2 Å². The number of imidazole rings is 1. The van der Waals surface area contributed by atoms with Gasteiger partial charge in [0, 0.05) is 5.69 Å². The normalized spacial score (nSPS) is 32.4. The Morgan fingerprint density at radius 2 is 2.04 bits per heavy atom. The van der Waals surface area contributed by atoms with Crippen molar-refractivity contribution in [2.75, 3.05) is 11.9 Å². The van der Waals surface area contributed by atoms with Crippen LogP contribution >= 0.6 is 6.72 Å².